The molecule has 11 nitrogen and oxygen atoms in total. The lowest BCUT2D eigenvalue weighted by Crippen LogP contribution is -2.62. The molecule has 5 atom stereocenters. The Morgan fingerprint density at radius 2 is 1.21 bits per heavy atom. The smallest absolute Gasteiger partial charge is 0.305 e. The SMILES string of the molecule is COC(=O)CC[C@@H]1O[C@H](COC(C)=O)[C@@H](OC(C)=O)[C@H](OC(C)=O)[C@H]1OC(C)=O. The summed E-state index contributed by atoms with van der Waals surface area (Å²) in [6, 6.07) is 0. The molecule has 1 heterocycles. The minimum atomic E-state index is -1.24. The standard InChI is InChI=1S/C18H26O11/c1-9(19)25-8-14-17(27-11(3)21)18(28-12(4)22)16(26-10(2)20)13(29-14)6-7-15(23)24-5/h13-14,16-18H,6-8H2,1-5H3/t13-,14+,16-,17+,18+/m0/s1. The van der Waals surface area contributed by atoms with E-state index in [1.54, 1.807) is 0 Å². The summed E-state index contributed by atoms with van der Waals surface area (Å²) in [6.07, 6.45) is -5.60. The molecule has 29 heavy (non-hydrogen) atoms. The number of esters is 5. The van der Waals surface area contributed by atoms with E-state index in [1.165, 1.54) is 14.0 Å². The van der Waals surface area contributed by atoms with E-state index in [0.717, 1.165) is 20.8 Å². The number of carbonyl (C=O) groups is 5. The highest BCUT2D eigenvalue weighted by atomic mass is 16.7. The normalized spacial score (nSPS) is 26.0. The Bertz CT molecular complexity index is 629. The molecule has 1 aliphatic heterocycles. The number of hydrogen-bond donors (Lipinski definition) is 0. The molecule has 0 unspecified atom stereocenters. The third kappa shape index (κ3) is 8.06. The van der Waals surface area contributed by atoms with E-state index >= 15 is 0 Å². The Kier molecular flexibility index (Phi) is 9.53. The zero-order valence-corrected chi connectivity index (χ0v) is 17.0. The van der Waals surface area contributed by atoms with Crippen LogP contribution in [0.25, 0.3) is 0 Å². The second kappa shape index (κ2) is 11.3. The molecular weight excluding hydrogens is 392 g/mol. The Balaban J connectivity index is 3.26. The van der Waals surface area contributed by atoms with Crippen molar-refractivity contribution in [3.05, 3.63) is 0 Å². The highest BCUT2D eigenvalue weighted by Gasteiger charge is 2.51. The zero-order valence-electron chi connectivity index (χ0n) is 17.0. The Hall–Kier alpha value is -2.69. The number of ether oxygens (including phenoxy) is 6. The summed E-state index contributed by atoms with van der Waals surface area (Å²) >= 11 is 0. The van der Waals surface area contributed by atoms with Crippen molar-refractivity contribution in [2.75, 3.05) is 13.7 Å². The summed E-state index contributed by atoms with van der Waals surface area (Å²) in [5, 5.41) is 0. The van der Waals surface area contributed by atoms with Gasteiger partial charge in [-0.05, 0) is 6.42 Å². The molecule has 1 rings (SSSR count). The molecule has 0 bridgehead atoms. The van der Waals surface area contributed by atoms with E-state index in [2.05, 4.69) is 4.74 Å². The highest BCUT2D eigenvalue weighted by Crippen LogP contribution is 2.31. The average Bonchev–Trinajstić information content (AvgIpc) is 2.60. The Morgan fingerprint density at radius 3 is 1.66 bits per heavy atom. The van der Waals surface area contributed by atoms with E-state index < -0.39 is 60.4 Å². The van der Waals surface area contributed by atoms with E-state index in [1.807, 2.05) is 0 Å². The van der Waals surface area contributed by atoms with Crippen LogP contribution in [0.1, 0.15) is 40.5 Å². The maximum atomic E-state index is 11.7. The quantitative estimate of drug-likeness (QED) is 0.390. The van der Waals surface area contributed by atoms with Gasteiger partial charge < -0.3 is 28.4 Å². The number of hydrogen-bond acceptors (Lipinski definition) is 11. The van der Waals surface area contributed by atoms with Crippen LogP contribution in [0.3, 0.4) is 0 Å². The van der Waals surface area contributed by atoms with Crippen LogP contribution in [-0.4, -0.2) is 74.1 Å². The van der Waals surface area contributed by atoms with Crippen molar-refractivity contribution in [3.8, 4) is 0 Å². The minimum Gasteiger partial charge on any atom is -0.469 e. The summed E-state index contributed by atoms with van der Waals surface area (Å²) in [5.74, 6) is -3.26. The second-order valence-electron chi connectivity index (χ2n) is 6.35. The van der Waals surface area contributed by atoms with Crippen LogP contribution in [-0.2, 0) is 52.4 Å². The number of carbonyl (C=O) groups excluding carboxylic acids is 5. The number of methoxy groups -OCH3 is 1. The van der Waals surface area contributed by atoms with E-state index in [4.69, 9.17) is 23.7 Å². The predicted octanol–water partition coefficient (Wildman–Crippen LogP) is 0.0652. The summed E-state index contributed by atoms with van der Waals surface area (Å²) in [4.78, 5) is 57.6. The number of rotatable bonds is 8. The highest BCUT2D eigenvalue weighted by molar-refractivity contribution is 5.70. The van der Waals surface area contributed by atoms with Crippen molar-refractivity contribution in [2.24, 2.45) is 0 Å². The fraction of sp³-hybridized carbons (Fsp3) is 0.722. The van der Waals surface area contributed by atoms with Gasteiger partial charge in [-0.15, -0.1) is 0 Å². The van der Waals surface area contributed by atoms with Crippen molar-refractivity contribution in [3.63, 3.8) is 0 Å². The van der Waals surface area contributed by atoms with Gasteiger partial charge in [-0.3, -0.25) is 24.0 Å². The molecule has 0 aromatic heterocycles. The third-order valence-electron chi connectivity index (χ3n) is 3.95. The van der Waals surface area contributed by atoms with E-state index in [9.17, 15) is 24.0 Å². The molecule has 0 saturated carbocycles. The summed E-state index contributed by atoms with van der Waals surface area (Å²) in [5.41, 5.74) is 0. The molecule has 164 valence electrons. The minimum absolute atomic E-state index is 0.0474. The average molecular weight is 418 g/mol. The zero-order chi connectivity index (χ0) is 22.1. The molecule has 1 fully saturated rings. The van der Waals surface area contributed by atoms with Crippen LogP contribution in [0.15, 0.2) is 0 Å². The van der Waals surface area contributed by atoms with Gasteiger partial charge in [0.2, 0.25) is 0 Å². The molecule has 0 aromatic carbocycles. The fourth-order valence-corrected chi connectivity index (χ4v) is 2.91. The largest absolute Gasteiger partial charge is 0.469 e. The van der Waals surface area contributed by atoms with Crippen LogP contribution >= 0.6 is 0 Å². The molecule has 0 spiro atoms. The van der Waals surface area contributed by atoms with Crippen molar-refractivity contribution < 1.29 is 52.4 Å². The first-order valence-electron chi connectivity index (χ1n) is 8.92. The lowest BCUT2D eigenvalue weighted by Gasteiger charge is -2.44. The molecule has 11 heteroatoms. The van der Waals surface area contributed by atoms with Gasteiger partial charge in [0.25, 0.3) is 0 Å². The van der Waals surface area contributed by atoms with Gasteiger partial charge in [0.1, 0.15) is 12.7 Å². The van der Waals surface area contributed by atoms with Crippen LogP contribution in [0.4, 0.5) is 0 Å². The van der Waals surface area contributed by atoms with E-state index in [-0.39, 0.29) is 19.4 Å². The van der Waals surface area contributed by atoms with Crippen molar-refractivity contribution in [1.82, 2.24) is 0 Å². The molecule has 1 aliphatic rings. The molecule has 0 aliphatic carbocycles. The van der Waals surface area contributed by atoms with E-state index in [0.29, 0.717) is 0 Å². The van der Waals surface area contributed by atoms with Gasteiger partial charge in [-0.25, -0.2) is 0 Å². The molecular formula is C18H26O11. The summed E-state index contributed by atoms with van der Waals surface area (Å²) in [7, 11) is 1.22. The van der Waals surface area contributed by atoms with Crippen LogP contribution in [0.2, 0.25) is 0 Å². The van der Waals surface area contributed by atoms with Gasteiger partial charge in [-0.2, -0.15) is 0 Å². The topological polar surface area (TPSA) is 141 Å². The van der Waals surface area contributed by atoms with Gasteiger partial charge >= 0.3 is 29.8 Å². The van der Waals surface area contributed by atoms with Gasteiger partial charge in [0, 0.05) is 34.1 Å². The predicted molar refractivity (Wildman–Crippen MR) is 93.2 cm³/mol. The van der Waals surface area contributed by atoms with Crippen LogP contribution < -0.4 is 0 Å². The third-order valence-corrected chi connectivity index (χ3v) is 3.95. The first-order valence-corrected chi connectivity index (χ1v) is 8.92. The fourth-order valence-electron chi connectivity index (χ4n) is 2.91. The maximum Gasteiger partial charge on any atom is 0.305 e. The molecule has 1 saturated heterocycles. The molecule has 0 N–H and O–H groups in total. The Labute approximate surface area is 167 Å². The molecule has 0 amide bonds. The Morgan fingerprint density at radius 1 is 0.724 bits per heavy atom. The lowest BCUT2D eigenvalue weighted by molar-refractivity contribution is -0.253. The summed E-state index contributed by atoms with van der Waals surface area (Å²) in [6.45, 7) is 4.29. The molecule has 0 radical (unpaired) electrons. The first-order chi connectivity index (χ1) is 13.5. The van der Waals surface area contributed by atoms with Gasteiger partial charge in [0.05, 0.1) is 13.2 Å². The van der Waals surface area contributed by atoms with Gasteiger partial charge in [-0.1, -0.05) is 0 Å². The monoisotopic (exact) mass is 418 g/mol. The van der Waals surface area contributed by atoms with Crippen molar-refractivity contribution >= 4 is 29.8 Å². The van der Waals surface area contributed by atoms with Crippen LogP contribution in [0.5, 0.6) is 0 Å². The molecule has 0 aromatic rings. The van der Waals surface area contributed by atoms with Crippen molar-refractivity contribution in [1.29, 1.82) is 0 Å². The maximum absolute atomic E-state index is 11.7. The lowest BCUT2D eigenvalue weighted by atomic mass is 9.92. The van der Waals surface area contributed by atoms with Crippen molar-refractivity contribution in [2.45, 2.75) is 71.1 Å². The summed E-state index contributed by atoms with van der Waals surface area (Å²) < 4.78 is 31.2. The second-order valence-corrected chi connectivity index (χ2v) is 6.35. The van der Waals surface area contributed by atoms with Crippen LogP contribution in [0, 0.1) is 0 Å². The van der Waals surface area contributed by atoms with Gasteiger partial charge in [0.15, 0.2) is 18.3 Å². The first kappa shape index (κ1) is 24.3.